The van der Waals surface area contributed by atoms with Crippen molar-refractivity contribution in [1.82, 2.24) is 15.1 Å². The zero-order chi connectivity index (χ0) is 10.7. The molecule has 1 amide bonds. The van der Waals surface area contributed by atoms with E-state index in [9.17, 15) is 4.79 Å². The average Bonchev–Trinajstić information content (AvgIpc) is 2.66. The van der Waals surface area contributed by atoms with E-state index < -0.39 is 5.54 Å². The van der Waals surface area contributed by atoms with Crippen LogP contribution in [0.2, 0.25) is 0 Å². The Morgan fingerprint density at radius 3 is 2.93 bits per heavy atom. The predicted octanol–water partition coefficient (Wildman–Crippen LogP) is -0.119. The molecular formula is C10H16N4O. The Morgan fingerprint density at radius 1 is 1.60 bits per heavy atom. The number of nitrogens with one attached hydrogen (secondary N) is 1. The highest BCUT2D eigenvalue weighted by Crippen LogP contribution is 2.28. The van der Waals surface area contributed by atoms with Crippen molar-refractivity contribution in [3.05, 3.63) is 18.5 Å². The van der Waals surface area contributed by atoms with Crippen LogP contribution in [0.1, 0.15) is 19.3 Å². The third-order valence-corrected chi connectivity index (χ3v) is 2.88. The summed E-state index contributed by atoms with van der Waals surface area (Å²) in [6, 6.07) is 1.86. The summed E-state index contributed by atoms with van der Waals surface area (Å²) in [5, 5.41) is 6.88. The van der Waals surface area contributed by atoms with Crippen LogP contribution in [-0.2, 0) is 11.3 Å². The molecule has 1 saturated carbocycles. The van der Waals surface area contributed by atoms with Crippen LogP contribution in [0.4, 0.5) is 0 Å². The number of nitrogens with zero attached hydrogens (tertiary/aromatic N) is 2. The Hall–Kier alpha value is -1.36. The average molecular weight is 208 g/mol. The minimum atomic E-state index is -0.593. The smallest absolute Gasteiger partial charge is 0.240 e. The first-order chi connectivity index (χ1) is 7.21. The van der Waals surface area contributed by atoms with Gasteiger partial charge >= 0.3 is 0 Å². The summed E-state index contributed by atoms with van der Waals surface area (Å²) in [6.07, 6.45) is 6.26. The molecule has 1 aliphatic rings. The molecule has 1 aromatic rings. The van der Waals surface area contributed by atoms with Gasteiger partial charge in [0.1, 0.15) is 0 Å². The Morgan fingerprint density at radius 2 is 2.40 bits per heavy atom. The van der Waals surface area contributed by atoms with Crippen LogP contribution in [-0.4, -0.2) is 27.8 Å². The maximum Gasteiger partial charge on any atom is 0.240 e. The molecule has 1 aliphatic carbocycles. The molecule has 0 bridgehead atoms. The number of aromatic nitrogens is 2. The Bertz CT molecular complexity index is 329. The van der Waals surface area contributed by atoms with Crippen LogP contribution in [0.5, 0.6) is 0 Å². The Labute approximate surface area is 88.6 Å². The van der Waals surface area contributed by atoms with Crippen molar-refractivity contribution in [2.45, 2.75) is 31.3 Å². The first kappa shape index (κ1) is 10.2. The van der Waals surface area contributed by atoms with Crippen LogP contribution >= 0.6 is 0 Å². The van der Waals surface area contributed by atoms with Gasteiger partial charge in [-0.25, -0.2) is 0 Å². The summed E-state index contributed by atoms with van der Waals surface area (Å²) in [7, 11) is 0. The van der Waals surface area contributed by atoms with Gasteiger partial charge in [0, 0.05) is 18.9 Å². The van der Waals surface area contributed by atoms with Gasteiger partial charge in [0.25, 0.3) is 0 Å². The molecule has 0 unspecified atom stereocenters. The van der Waals surface area contributed by atoms with E-state index in [1.165, 1.54) is 0 Å². The minimum absolute atomic E-state index is 0.0269. The molecule has 0 radical (unpaired) electrons. The lowest BCUT2D eigenvalue weighted by Gasteiger charge is -2.36. The van der Waals surface area contributed by atoms with Crippen molar-refractivity contribution in [2.24, 2.45) is 5.73 Å². The quantitative estimate of drug-likeness (QED) is 0.724. The van der Waals surface area contributed by atoms with Crippen LogP contribution in [0, 0.1) is 0 Å². The fourth-order valence-corrected chi connectivity index (χ4v) is 1.68. The first-order valence-corrected chi connectivity index (χ1v) is 5.25. The molecule has 5 heteroatoms. The lowest BCUT2D eigenvalue weighted by Crippen LogP contribution is -2.58. The van der Waals surface area contributed by atoms with Crippen molar-refractivity contribution >= 4 is 5.91 Å². The molecule has 0 aliphatic heterocycles. The fourth-order valence-electron chi connectivity index (χ4n) is 1.68. The van der Waals surface area contributed by atoms with Gasteiger partial charge in [-0.2, -0.15) is 5.10 Å². The number of amides is 1. The number of rotatable bonds is 4. The monoisotopic (exact) mass is 208 g/mol. The highest BCUT2D eigenvalue weighted by molar-refractivity contribution is 5.86. The van der Waals surface area contributed by atoms with Gasteiger partial charge in [-0.1, -0.05) is 0 Å². The minimum Gasteiger partial charge on any atom is -0.353 e. The third kappa shape index (κ3) is 2.18. The normalized spacial score (nSPS) is 18.2. The van der Waals surface area contributed by atoms with E-state index in [-0.39, 0.29) is 5.91 Å². The Balaban J connectivity index is 1.72. The first-order valence-electron chi connectivity index (χ1n) is 5.25. The molecule has 2 rings (SSSR count). The largest absolute Gasteiger partial charge is 0.353 e. The van der Waals surface area contributed by atoms with E-state index in [2.05, 4.69) is 10.4 Å². The summed E-state index contributed by atoms with van der Waals surface area (Å²) in [5.74, 6) is -0.0269. The summed E-state index contributed by atoms with van der Waals surface area (Å²) < 4.78 is 1.78. The van der Waals surface area contributed by atoms with Crippen LogP contribution < -0.4 is 11.1 Å². The molecule has 5 nitrogen and oxygen atoms in total. The standard InChI is InChI=1S/C10H16N4O/c11-10(3-1-4-10)9(15)12-6-8-14-7-2-5-13-14/h2,5,7H,1,3-4,6,8,11H2,(H,12,15). The van der Waals surface area contributed by atoms with Gasteiger partial charge in [-0.05, 0) is 25.3 Å². The van der Waals surface area contributed by atoms with E-state index in [1.54, 1.807) is 10.9 Å². The molecule has 3 N–H and O–H groups in total. The molecule has 0 aromatic carbocycles. The van der Waals surface area contributed by atoms with Gasteiger partial charge < -0.3 is 11.1 Å². The highest BCUT2D eigenvalue weighted by Gasteiger charge is 2.39. The highest BCUT2D eigenvalue weighted by atomic mass is 16.2. The Kier molecular flexibility index (Phi) is 2.73. The predicted molar refractivity (Wildman–Crippen MR) is 56.0 cm³/mol. The lowest BCUT2D eigenvalue weighted by atomic mass is 9.77. The molecule has 0 saturated heterocycles. The molecule has 0 atom stereocenters. The molecule has 82 valence electrons. The van der Waals surface area contributed by atoms with Crippen LogP contribution in [0.3, 0.4) is 0 Å². The summed E-state index contributed by atoms with van der Waals surface area (Å²) in [5.41, 5.74) is 5.28. The second-order valence-electron chi connectivity index (χ2n) is 4.03. The van der Waals surface area contributed by atoms with E-state index >= 15 is 0 Å². The van der Waals surface area contributed by atoms with Crippen molar-refractivity contribution in [3.8, 4) is 0 Å². The van der Waals surface area contributed by atoms with E-state index in [1.807, 2.05) is 12.3 Å². The van der Waals surface area contributed by atoms with E-state index in [0.29, 0.717) is 13.1 Å². The zero-order valence-electron chi connectivity index (χ0n) is 8.65. The number of hydrogen-bond acceptors (Lipinski definition) is 3. The van der Waals surface area contributed by atoms with Gasteiger partial charge in [0.15, 0.2) is 0 Å². The molecule has 1 fully saturated rings. The maximum absolute atomic E-state index is 11.6. The summed E-state index contributed by atoms with van der Waals surface area (Å²) in [4.78, 5) is 11.6. The topological polar surface area (TPSA) is 72.9 Å². The number of carbonyl (C=O) groups is 1. The van der Waals surface area contributed by atoms with E-state index in [0.717, 1.165) is 19.3 Å². The molecule has 15 heavy (non-hydrogen) atoms. The zero-order valence-corrected chi connectivity index (χ0v) is 8.65. The van der Waals surface area contributed by atoms with Crippen LogP contribution in [0.25, 0.3) is 0 Å². The fraction of sp³-hybridized carbons (Fsp3) is 0.600. The number of carbonyl (C=O) groups excluding carboxylic acids is 1. The number of nitrogens with two attached hydrogens (primary N) is 1. The second kappa shape index (κ2) is 4.02. The number of hydrogen-bond donors (Lipinski definition) is 2. The molecule has 1 heterocycles. The summed E-state index contributed by atoms with van der Waals surface area (Å²) in [6.45, 7) is 1.27. The van der Waals surface area contributed by atoms with Crippen molar-refractivity contribution < 1.29 is 4.79 Å². The molecular weight excluding hydrogens is 192 g/mol. The summed E-state index contributed by atoms with van der Waals surface area (Å²) >= 11 is 0. The SMILES string of the molecule is NC1(C(=O)NCCn2cccn2)CCC1. The van der Waals surface area contributed by atoms with Gasteiger partial charge in [-0.15, -0.1) is 0 Å². The lowest BCUT2D eigenvalue weighted by molar-refractivity contribution is -0.129. The maximum atomic E-state index is 11.6. The van der Waals surface area contributed by atoms with Crippen LogP contribution in [0.15, 0.2) is 18.5 Å². The van der Waals surface area contributed by atoms with Gasteiger partial charge in [0.2, 0.25) is 5.91 Å². The third-order valence-electron chi connectivity index (χ3n) is 2.88. The molecule has 1 aromatic heterocycles. The molecule has 0 spiro atoms. The second-order valence-corrected chi connectivity index (χ2v) is 4.03. The van der Waals surface area contributed by atoms with E-state index in [4.69, 9.17) is 5.73 Å². The van der Waals surface area contributed by atoms with Crippen molar-refractivity contribution in [2.75, 3.05) is 6.54 Å². The van der Waals surface area contributed by atoms with Gasteiger partial charge in [-0.3, -0.25) is 9.48 Å². The van der Waals surface area contributed by atoms with Crippen molar-refractivity contribution in [1.29, 1.82) is 0 Å². The van der Waals surface area contributed by atoms with Crippen molar-refractivity contribution in [3.63, 3.8) is 0 Å². The van der Waals surface area contributed by atoms with Gasteiger partial charge in [0.05, 0.1) is 12.1 Å².